The van der Waals surface area contributed by atoms with Crippen LogP contribution in [0.5, 0.6) is 0 Å². The zero-order valence-corrected chi connectivity index (χ0v) is 37.8. The first-order valence-electron chi connectivity index (χ1n) is 23.8. The first kappa shape index (κ1) is 44.0. The summed E-state index contributed by atoms with van der Waals surface area (Å²) in [6.07, 6.45) is 8.96. The smallest absolute Gasteiger partial charge is 0.264 e. The number of hydrogen-bond acceptors (Lipinski definition) is 10. The second kappa shape index (κ2) is 18.1. The van der Waals surface area contributed by atoms with Crippen molar-refractivity contribution in [2.45, 2.75) is 103 Å². The molecule has 348 valence electrons. The van der Waals surface area contributed by atoms with Crippen LogP contribution < -0.4 is 10.2 Å². The number of nitrogens with one attached hydrogen (secondary N) is 1. The molecule has 0 spiro atoms. The van der Waals surface area contributed by atoms with Crippen LogP contribution >= 0.6 is 0 Å². The average molecular weight is 905 g/mol. The maximum absolute atomic E-state index is 14.7. The van der Waals surface area contributed by atoms with E-state index in [1.54, 1.807) is 43.2 Å². The Balaban J connectivity index is 0.752. The van der Waals surface area contributed by atoms with Crippen LogP contribution in [-0.2, 0) is 47.2 Å². The lowest BCUT2D eigenvalue weighted by molar-refractivity contribution is -0.136. The van der Waals surface area contributed by atoms with Gasteiger partial charge in [-0.25, -0.2) is 8.78 Å². The summed E-state index contributed by atoms with van der Waals surface area (Å²) in [5, 5.41) is 11.9. The summed E-state index contributed by atoms with van der Waals surface area (Å²) in [7, 11) is 1.79. The molecule has 0 radical (unpaired) electrons. The molecule has 0 saturated carbocycles. The lowest BCUT2D eigenvalue weighted by Gasteiger charge is -2.36. The zero-order chi connectivity index (χ0) is 45.8. The zero-order valence-electron chi connectivity index (χ0n) is 37.8. The summed E-state index contributed by atoms with van der Waals surface area (Å²) in [4.78, 5) is 74.0. The molecule has 10 rings (SSSR count). The molecule has 0 aliphatic carbocycles. The van der Waals surface area contributed by atoms with Gasteiger partial charge in [0.1, 0.15) is 6.04 Å². The molecule has 4 aromatic rings. The third-order valence-electron chi connectivity index (χ3n) is 15.1. The van der Waals surface area contributed by atoms with E-state index in [1.807, 2.05) is 23.1 Å². The minimum absolute atomic E-state index is 0.0175. The van der Waals surface area contributed by atoms with Gasteiger partial charge in [-0.3, -0.25) is 43.6 Å². The van der Waals surface area contributed by atoms with E-state index in [4.69, 9.17) is 5.10 Å². The topological polar surface area (TPSA) is 149 Å². The summed E-state index contributed by atoms with van der Waals surface area (Å²) < 4.78 is 33.3. The molecular weight excluding hydrogens is 847 g/mol. The third-order valence-corrected chi connectivity index (χ3v) is 15.1. The first-order chi connectivity index (χ1) is 31.9. The van der Waals surface area contributed by atoms with Crippen molar-refractivity contribution in [3.63, 3.8) is 0 Å². The number of fused-ring (bicyclic) bond motifs is 3. The van der Waals surface area contributed by atoms with E-state index in [-0.39, 0.29) is 36.3 Å². The number of aryl methyl sites for hydroxylation is 3. The van der Waals surface area contributed by atoms with E-state index in [9.17, 15) is 32.8 Å². The number of hydrogen-bond donors (Lipinski definition) is 1. The molecule has 1 atom stereocenters. The molecular formula is C49H58F2N10O5. The van der Waals surface area contributed by atoms with Crippen LogP contribution in [0.25, 0.3) is 11.1 Å². The maximum Gasteiger partial charge on any atom is 0.264 e. The van der Waals surface area contributed by atoms with Gasteiger partial charge < -0.3 is 19.6 Å². The van der Waals surface area contributed by atoms with Gasteiger partial charge in [0.25, 0.3) is 18.2 Å². The van der Waals surface area contributed by atoms with Gasteiger partial charge in [-0.1, -0.05) is 12.1 Å². The summed E-state index contributed by atoms with van der Waals surface area (Å²) in [5.41, 5.74) is 6.70. The maximum atomic E-state index is 14.7. The Labute approximate surface area is 383 Å². The highest BCUT2D eigenvalue weighted by Gasteiger charge is 2.45. The van der Waals surface area contributed by atoms with Crippen LogP contribution in [0.3, 0.4) is 0 Å². The van der Waals surface area contributed by atoms with Crippen molar-refractivity contribution in [2.24, 2.45) is 13.0 Å². The van der Waals surface area contributed by atoms with Crippen molar-refractivity contribution < 1.29 is 32.8 Å². The Hall–Kier alpha value is -5.81. The monoisotopic (exact) mass is 904 g/mol. The number of carbonyl (C=O) groups is 5. The predicted molar refractivity (Wildman–Crippen MR) is 241 cm³/mol. The van der Waals surface area contributed by atoms with Crippen LogP contribution in [-0.4, -0.2) is 127 Å². The Morgan fingerprint density at radius 3 is 2.33 bits per heavy atom. The summed E-state index contributed by atoms with van der Waals surface area (Å²) in [6, 6.07) is 8.19. The molecule has 3 fully saturated rings. The van der Waals surface area contributed by atoms with Crippen LogP contribution in [0.4, 0.5) is 20.3 Å². The van der Waals surface area contributed by atoms with Gasteiger partial charge >= 0.3 is 0 Å². The largest absolute Gasteiger partial charge is 0.338 e. The molecule has 6 aliphatic rings. The number of likely N-dealkylation sites (tertiary alicyclic amines) is 2. The van der Waals surface area contributed by atoms with E-state index < -0.39 is 30.2 Å². The fourth-order valence-corrected chi connectivity index (χ4v) is 11.4. The number of nitrogens with zero attached hydrogens (tertiary/aromatic N) is 9. The molecule has 66 heavy (non-hydrogen) atoms. The minimum atomic E-state index is -2.66. The highest BCUT2D eigenvalue weighted by molar-refractivity contribution is 6.24. The summed E-state index contributed by atoms with van der Waals surface area (Å²) in [6.45, 7) is 9.26. The lowest BCUT2D eigenvalue weighted by atomic mass is 9.89. The van der Waals surface area contributed by atoms with E-state index in [1.165, 1.54) is 0 Å². The molecule has 15 nitrogen and oxygen atoms in total. The number of halogens is 2. The van der Waals surface area contributed by atoms with E-state index >= 15 is 0 Å². The Bertz CT molecular complexity index is 2570. The Kier molecular flexibility index (Phi) is 12.1. The fourth-order valence-electron chi connectivity index (χ4n) is 11.4. The van der Waals surface area contributed by atoms with Crippen molar-refractivity contribution in [3.05, 3.63) is 81.8 Å². The van der Waals surface area contributed by atoms with Gasteiger partial charge in [0.15, 0.2) is 5.82 Å². The molecule has 0 bridgehead atoms. The highest BCUT2D eigenvalue weighted by Crippen LogP contribution is 2.44. The highest BCUT2D eigenvalue weighted by atomic mass is 19.3. The number of benzene rings is 2. The van der Waals surface area contributed by atoms with Gasteiger partial charge in [0.2, 0.25) is 17.7 Å². The van der Waals surface area contributed by atoms with Gasteiger partial charge in [0.05, 0.1) is 29.9 Å². The minimum Gasteiger partial charge on any atom is -0.338 e. The number of amides is 5. The SMILES string of the molecule is CC(=O)N1CCc2c(c(N3CCCc4cc(-c5cnn(C)c5)c(C(F)F)cc43)nn2C2CCN(CCN3CCC(CCc4cccc5c4C(=O)N(C4CCC(=O)NC4=O)C5=O)CC3)CC2)C1. The van der Waals surface area contributed by atoms with Crippen LogP contribution in [0, 0.1) is 5.92 Å². The van der Waals surface area contributed by atoms with Crippen molar-refractivity contribution in [1.29, 1.82) is 0 Å². The molecule has 6 aliphatic heterocycles. The molecule has 1 N–H and O–H groups in total. The standard InChI is InChI=1S/C49H58F2N10O5/c1-30(62)58-22-16-40-39(29-58)46(59-17-4-6-33-25-37(34-27-52-55(2)28-34)38(45(50)51)26-42(33)59)54-61(40)35-14-20-57(21-15-35)24-23-56-18-12-31(13-19-56)8-9-32-5-3-7-36-44(32)49(66)60(48(36)65)41-10-11-43(63)53-47(41)64/h3,5,7,25-28,31,35,41,45H,4,6,8-24,29H2,1-2H3,(H,53,63,64). The van der Waals surface area contributed by atoms with Crippen molar-refractivity contribution >= 4 is 41.0 Å². The van der Waals surface area contributed by atoms with Crippen molar-refractivity contribution in [2.75, 3.05) is 57.3 Å². The predicted octanol–water partition coefficient (Wildman–Crippen LogP) is 5.59. The number of alkyl halides is 2. The fraction of sp³-hybridized carbons (Fsp3) is 0.531. The summed E-state index contributed by atoms with van der Waals surface area (Å²) >= 11 is 0. The number of imide groups is 2. The third kappa shape index (κ3) is 8.33. The number of aromatic nitrogens is 4. The number of carbonyl (C=O) groups excluding carboxylic acids is 5. The van der Waals surface area contributed by atoms with Gasteiger partial charge in [-0.2, -0.15) is 10.2 Å². The number of anilines is 2. The second-order valence-electron chi connectivity index (χ2n) is 19.1. The molecule has 2 aromatic heterocycles. The van der Waals surface area contributed by atoms with Crippen molar-refractivity contribution in [3.8, 4) is 11.1 Å². The van der Waals surface area contributed by atoms with Crippen LogP contribution in [0.1, 0.15) is 119 Å². The quantitative estimate of drug-likeness (QED) is 0.189. The molecule has 5 amide bonds. The van der Waals surface area contributed by atoms with Crippen LogP contribution in [0.15, 0.2) is 42.7 Å². The Morgan fingerprint density at radius 1 is 0.879 bits per heavy atom. The van der Waals surface area contributed by atoms with Crippen LogP contribution in [0.2, 0.25) is 0 Å². The first-order valence-corrected chi connectivity index (χ1v) is 23.8. The van der Waals surface area contributed by atoms with Gasteiger partial charge in [-0.05, 0) is 112 Å². The van der Waals surface area contributed by atoms with E-state index in [0.29, 0.717) is 60.6 Å². The number of piperidine rings is 3. The average Bonchev–Trinajstić information content (AvgIpc) is 4.00. The van der Waals surface area contributed by atoms with E-state index in [0.717, 1.165) is 123 Å². The summed E-state index contributed by atoms with van der Waals surface area (Å²) in [5.74, 6) is -0.590. The van der Waals surface area contributed by atoms with Gasteiger partial charge in [-0.15, -0.1) is 0 Å². The number of rotatable bonds is 11. The van der Waals surface area contributed by atoms with E-state index in [2.05, 4.69) is 29.8 Å². The molecule has 3 saturated heterocycles. The molecule has 1 unspecified atom stereocenters. The molecule has 2 aromatic carbocycles. The Morgan fingerprint density at radius 2 is 1.64 bits per heavy atom. The lowest BCUT2D eigenvalue weighted by Crippen LogP contribution is -2.54. The molecule has 17 heteroatoms. The molecule has 8 heterocycles. The van der Waals surface area contributed by atoms with Gasteiger partial charge in [0, 0.05) is 100 Å². The van der Waals surface area contributed by atoms with Crippen molar-refractivity contribution in [1.82, 2.24) is 44.5 Å². The second-order valence-corrected chi connectivity index (χ2v) is 19.1. The normalized spacial score (nSPS) is 21.2.